The zero-order chi connectivity index (χ0) is 12.5. The van der Waals surface area contributed by atoms with E-state index in [1.807, 2.05) is 6.07 Å². The third kappa shape index (κ3) is 2.79. The van der Waals surface area contributed by atoms with Gasteiger partial charge in [0.1, 0.15) is 4.90 Å². The second kappa shape index (κ2) is 4.31. The van der Waals surface area contributed by atoms with Crippen LogP contribution < -0.4 is 10.5 Å². The van der Waals surface area contributed by atoms with E-state index < -0.39 is 10.0 Å². The lowest BCUT2D eigenvalue weighted by Crippen LogP contribution is -2.19. The summed E-state index contributed by atoms with van der Waals surface area (Å²) in [6.07, 6.45) is 3.56. The molecule has 1 aromatic carbocycles. The fourth-order valence-electron chi connectivity index (χ4n) is 1.98. The monoisotopic (exact) mass is 254 g/mol. The van der Waals surface area contributed by atoms with Gasteiger partial charge in [0.05, 0.1) is 5.69 Å². The summed E-state index contributed by atoms with van der Waals surface area (Å²) in [5.41, 5.74) is 0.973. The first kappa shape index (κ1) is 12.4. The van der Waals surface area contributed by atoms with Crippen LogP contribution in [0, 0.1) is 5.41 Å². The number of nitrogens with two attached hydrogens (primary N) is 1. The van der Waals surface area contributed by atoms with Crippen LogP contribution in [0.15, 0.2) is 29.2 Å². The van der Waals surface area contributed by atoms with Crippen LogP contribution in [-0.2, 0) is 10.0 Å². The quantitative estimate of drug-likeness (QED) is 0.843. The molecule has 0 heterocycles. The van der Waals surface area contributed by atoms with E-state index in [0.717, 1.165) is 13.0 Å². The highest BCUT2D eigenvalue weighted by Gasteiger charge is 2.40. The van der Waals surface area contributed by atoms with Gasteiger partial charge < -0.3 is 5.32 Å². The fourth-order valence-corrected chi connectivity index (χ4v) is 2.69. The number of rotatable bonds is 5. The Kier molecular flexibility index (Phi) is 3.14. The lowest BCUT2D eigenvalue weighted by molar-refractivity contribution is 0.521. The Balaban J connectivity index is 2.16. The van der Waals surface area contributed by atoms with Crippen molar-refractivity contribution >= 4 is 15.7 Å². The molecule has 1 aliphatic carbocycles. The predicted molar refractivity (Wildman–Crippen MR) is 68.3 cm³/mol. The second-order valence-electron chi connectivity index (χ2n) is 4.75. The molecule has 94 valence electrons. The topological polar surface area (TPSA) is 72.2 Å². The normalized spacial score (nSPS) is 17.8. The number of anilines is 1. The van der Waals surface area contributed by atoms with Crippen LogP contribution in [0.1, 0.15) is 26.2 Å². The highest BCUT2D eigenvalue weighted by molar-refractivity contribution is 7.89. The Bertz CT molecular complexity index is 507. The average Bonchev–Trinajstić information content (AvgIpc) is 3.06. The molecule has 0 spiro atoms. The van der Waals surface area contributed by atoms with Crippen LogP contribution >= 0.6 is 0 Å². The summed E-state index contributed by atoms with van der Waals surface area (Å²) in [5, 5.41) is 8.39. The predicted octanol–water partition coefficient (Wildman–Crippen LogP) is 1.94. The van der Waals surface area contributed by atoms with Gasteiger partial charge in [-0.1, -0.05) is 19.1 Å². The van der Waals surface area contributed by atoms with Crippen LogP contribution in [0.5, 0.6) is 0 Å². The number of para-hydroxylation sites is 1. The molecule has 1 saturated carbocycles. The lowest BCUT2D eigenvalue weighted by atomic mass is 10.0. The summed E-state index contributed by atoms with van der Waals surface area (Å²) in [5.74, 6) is 0. The Labute approximate surface area is 102 Å². The molecule has 1 aliphatic rings. The number of benzene rings is 1. The van der Waals surface area contributed by atoms with Crippen molar-refractivity contribution in [1.82, 2.24) is 0 Å². The molecule has 0 atom stereocenters. The van der Waals surface area contributed by atoms with Gasteiger partial charge in [-0.2, -0.15) is 0 Å². The Morgan fingerprint density at radius 2 is 2.00 bits per heavy atom. The van der Waals surface area contributed by atoms with E-state index in [-0.39, 0.29) is 4.90 Å². The molecular formula is C12H18N2O2S. The van der Waals surface area contributed by atoms with Gasteiger partial charge >= 0.3 is 0 Å². The fraction of sp³-hybridized carbons (Fsp3) is 0.500. The van der Waals surface area contributed by atoms with E-state index in [1.54, 1.807) is 12.1 Å². The minimum atomic E-state index is -3.65. The van der Waals surface area contributed by atoms with Crippen LogP contribution in [0.25, 0.3) is 0 Å². The second-order valence-corrected chi connectivity index (χ2v) is 6.28. The molecular weight excluding hydrogens is 236 g/mol. The van der Waals surface area contributed by atoms with E-state index in [2.05, 4.69) is 12.2 Å². The first-order valence-corrected chi connectivity index (χ1v) is 7.37. The Hall–Kier alpha value is -1.07. The standard InChI is InChI=1S/C12H18N2O2S/c1-2-12(7-8-12)9-14-10-5-3-4-6-11(10)17(13,15)16/h3-6,14H,2,7-9H2,1H3,(H2,13,15,16). The molecule has 0 unspecified atom stereocenters. The Morgan fingerprint density at radius 3 is 2.53 bits per heavy atom. The van der Waals surface area contributed by atoms with Crippen LogP contribution in [-0.4, -0.2) is 15.0 Å². The summed E-state index contributed by atoms with van der Waals surface area (Å²) in [4.78, 5) is 0.173. The van der Waals surface area contributed by atoms with Crippen molar-refractivity contribution < 1.29 is 8.42 Å². The van der Waals surface area contributed by atoms with Gasteiger partial charge in [0.15, 0.2) is 0 Å². The lowest BCUT2D eigenvalue weighted by Gasteiger charge is -2.16. The van der Waals surface area contributed by atoms with Crippen LogP contribution in [0.4, 0.5) is 5.69 Å². The molecule has 5 heteroatoms. The van der Waals surface area contributed by atoms with Crippen molar-refractivity contribution in [3.8, 4) is 0 Å². The van der Waals surface area contributed by atoms with Gasteiger partial charge in [-0.3, -0.25) is 0 Å². The van der Waals surface area contributed by atoms with E-state index in [4.69, 9.17) is 5.14 Å². The third-order valence-corrected chi connectivity index (χ3v) is 4.52. The first-order chi connectivity index (χ1) is 7.97. The third-order valence-electron chi connectivity index (χ3n) is 3.55. The maximum Gasteiger partial charge on any atom is 0.240 e. The van der Waals surface area contributed by atoms with E-state index in [1.165, 1.54) is 18.9 Å². The maximum atomic E-state index is 11.4. The van der Waals surface area contributed by atoms with E-state index in [9.17, 15) is 8.42 Å². The largest absolute Gasteiger partial charge is 0.383 e. The molecule has 0 amide bonds. The zero-order valence-corrected chi connectivity index (χ0v) is 10.8. The van der Waals surface area contributed by atoms with Crippen molar-refractivity contribution in [3.63, 3.8) is 0 Å². The minimum absolute atomic E-state index is 0.173. The van der Waals surface area contributed by atoms with Gasteiger partial charge in [-0.25, -0.2) is 13.6 Å². The van der Waals surface area contributed by atoms with Crippen molar-refractivity contribution in [3.05, 3.63) is 24.3 Å². The number of primary sulfonamides is 1. The van der Waals surface area contributed by atoms with Gasteiger partial charge in [0.25, 0.3) is 0 Å². The zero-order valence-electron chi connectivity index (χ0n) is 9.94. The van der Waals surface area contributed by atoms with Crippen LogP contribution in [0.2, 0.25) is 0 Å². The van der Waals surface area contributed by atoms with Crippen molar-refractivity contribution in [2.45, 2.75) is 31.1 Å². The Morgan fingerprint density at radius 1 is 1.35 bits per heavy atom. The van der Waals surface area contributed by atoms with E-state index in [0.29, 0.717) is 11.1 Å². The number of hydrogen-bond donors (Lipinski definition) is 2. The van der Waals surface area contributed by atoms with Crippen molar-refractivity contribution in [1.29, 1.82) is 0 Å². The molecule has 0 bridgehead atoms. The highest BCUT2D eigenvalue weighted by atomic mass is 32.2. The summed E-state index contributed by atoms with van der Waals surface area (Å²) in [7, 11) is -3.65. The van der Waals surface area contributed by atoms with E-state index >= 15 is 0 Å². The van der Waals surface area contributed by atoms with Gasteiger partial charge in [-0.05, 0) is 36.8 Å². The van der Waals surface area contributed by atoms with Crippen molar-refractivity contribution in [2.75, 3.05) is 11.9 Å². The van der Waals surface area contributed by atoms with Gasteiger partial charge in [-0.15, -0.1) is 0 Å². The molecule has 3 N–H and O–H groups in total. The molecule has 1 fully saturated rings. The number of sulfonamides is 1. The smallest absolute Gasteiger partial charge is 0.240 e. The summed E-state index contributed by atoms with van der Waals surface area (Å²) >= 11 is 0. The SMILES string of the molecule is CCC1(CNc2ccccc2S(N)(=O)=O)CC1. The number of nitrogens with one attached hydrogen (secondary N) is 1. The molecule has 1 aromatic rings. The molecule has 0 aromatic heterocycles. The summed E-state index contributed by atoms with van der Waals surface area (Å²) < 4.78 is 22.8. The highest BCUT2D eigenvalue weighted by Crippen LogP contribution is 2.48. The summed E-state index contributed by atoms with van der Waals surface area (Å²) in [6, 6.07) is 6.77. The molecule has 2 rings (SSSR count). The van der Waals surface area contributed by atoms with Crippen LogP contribution in [0.3, 0.4) is 0 Å². The molecule has 0 radical (unpaired) electrons. The first-order valence-electron chi connectivity index (χ1n) is 5.83. The maximum absolute atomic E-state index is 11.4. The molecule has 0 aliphatic heterocycles. The molecule has 17 heavy (non-hydrogen) atoms. The molecule has 0 saturated heterocycles. The molecule has 4 nitrogen and oxygen atoms in total. The van der Waals surface area contributed by atoms with Gasteiger partial charge in [0, 0.05) is 6.54 Å². The average molecular weight is 254 g/mol. The summed E-state index contributed by atoms with van der Waals surface area (Å²) in [6.45, 7) is 2.98. The van der Waals surface area contributed by atoms with Crippen molar-refractivity contribution in [2.24, 2.45) is 10.6 Å². The number of hydrogen-bond acceptors (Lipinski definition) is 3. The minimum Gasteiger partial charge on any atom is -0.383 e. The van der Waals surface area contributed by atoms with Gasteiger partial charge in [0.2, 0.25) is 10.0 Å².